The first-order valence-corrected chi connectivity index (χ1v) is 8.24. The minimum Gasteiger partial charge on any atom is -0.478 e. The quantitative estimate of drug-likeness (QED) is 0.941. The number of piperidine rings is 1. The molecule has 1 unspecified atom stereocenters. The summed E-state index contributed by atoms with van der Waals surface area (Å²) < 4.78 is 0. The summed E-state index contributed by atoms with van der Waals surface area (Å²) in [7, 11) is 0. The van der Waals surface area contributed by atoms with E-state index in [4.69, 9.17) is 10.1 Å². The summed E-state index contributed by atoms with van der Waals surface area (Å²) in [5, 5.41) is 10.2. The second-order valence-electron chi connectivity index (χ2n) is 5.69. The van der Waals surface area contributed by atoms with Crippen LogP contribution in [0, 0.1) is 13.8 Å². The van der Waals surface area contributed by atoms with Gasteiger partial charge in [-0.05, 0) is 38.8 Å². The first kappa shape index (κ1) is 15.0. The summed E-state index contributed by atoms with van der Waals surface area (Å²) in [6, 6.07) is 3.41. The average molecular weight is 317 g/mol. The molecule has 2 aromatic heterocycles. The van der Waals surface area contributed by atoms with Gasteiger partial charge in [-0.15, -0.1) is 11.3 Å². The predicted molar refractivity (Wildman–Crippen MR) is 87.0 cm³/mol. The van der Waals surface area contributed by atoms with Crippen molar-refractivity contribution in [2.45, 2.75) is 32.6 Å². The summed E-state index contributed by atoms with van der Waals surface area (Å²) in [6.45, 7) is 6.02. The fraction of sp³-hybridized carbons (Fsp3) is 0.438. The summed E-state index contributed by atoms with van der Waals surface area (Å²) in [4.78, 5) is 23.4. The maximum absolute atomic E-state index is 10.9. The van der Waals surface area contributed by atoms with E-state index in [2.05, 4.69) is 23.7 Å². The normalized spacial score (nSPS) is 18.5. The zero-order valence-electron chi connectivity index (χ0n) is 12.7. The second kappa shape index (κ2) is 6.04. The molecular weight excluding hydrogens is 298 g/mol. The minimum atomic E-state index is -0.940. The van der Waals surface area contributed by atoms with Crippen LogP contribution in [0.5, 0.6) is 0 Å². The SMILES string of the molecule is Cc1nc(C2CCCN(c3ccc(C(=O)O)cn3)C2)sc1C. The van der Waals surface area contributed by atoms with E-state index < -0.39 is 5.97 Å². The van der Waals surface area contributed by atoms with Crippen LogP contribution in [0.4, 0.5) is 5.82 Å². The number of hydrogen-bond donors (Lipinski definition) is 1. The van der Waals surface area contributed by atoms with Crippen molar-refractivity contribution in [1.29, 1.82) is 0 Å². The van der Waals surface area contributed by atoms with E-state index in [1.165, 1.54) is 16.1 Å². The number of nitrogens with zero attached hydrogens (tertiary/aromatic N) is 3. The molecular formula is C16H19N3O2S. The average Bonchev–Trinajstić information content (AvgIpc) is 2.87. The highest BCUT2D eigenvalue weighted by molar-refractivity contribution is 7.11. The third-order valence-corrected chi connectivity index (χ3v) is 5.37. The lowest BCUT2D eigenvalue weighted by molar-refractivity contribution is 0.0696. The van der Waals surface area contributed by atoms with E-state index in [0.717, 1.165) is 37.4 Å². The third-order valence-electron chi connectivity index (χ3n) is 4.13. The molecule has 3 rings (SSSR count). The van der Waals surface area contributed by atoms with Crippen LogP contribution in [-0.2, 0) is 0 Å². The summed E-state index contributed by atoms with van der Waals surface area (Å²) >= 11 is 1.79. The van der Waals surface area contributed by atoms with E-state index >= 15 is 0 Å². The minimum absolute atomic E-state index is 0.225. The molecule has 1 aliphatic rings. The topological polar surface area (TPSA) is 66.3 Å². The van der Waals surface area contributed by atoms with Gasteiger partial charge in [0.25, 0.3) is 0 Å². The van der Waals surface area contributed by atoms with Crippen LogP contribution in [0.1, 0.15) is 44.7 Å². The molecule has 3 heterocycles. The van der Waals surface area contributed by atoms with Gasteiger partial charge < -0.3 is 10.0 Å². The van der Waals surface area contributed by atoms with Crippen LogP contribution in [0.25, 0.3) is 0 Å². The molecule has 1 atom stereocenters. The first-order chi connectivity index (χ1) is 10.5. The van der Waals surface area contributed by atoms with Crippen molar-refractivity contribution >= 4 is 23.1 Å². The Hall–Kier alpha value is -1.95. The van der Waals surface area contributed by atoms with Crippen LogP contribution in [0.3, 0.4) is 0 Å². The molecule has 22 heavy (non-hydrogen) atoms. The molecule has 1 saturated heterocycles. The molecule has 116 valence electrons. The third kappa shape index (κ3) is 2.97. The van der Waals surface area contributed by atoms with Gasteiger partial charge in [-0.25, -0.2) is 14.8 Å². The van der Waals surface area contributed by atoms with Gasteiger partial charge in [0.15, 0.2) is 0 Å². The van der Waals surface area contributed by atoms with Crippen LogP contribution < -0.4 is 4.90 Å². The Morgan fingerprint density at radius 3 is 2.82 bits per heavy atom. The molecule has 6 heteroatoms. The summed E-state index contributed by atoms with van der Waals surface area (Å²) in [5.74, 6) is 0.344. The number of anilines is 1. The zero-order chi connectivity index (χ0) is 15.7. The highest BCUT2D eigenvalue weighted by Gasteiger charge is 2.25. The van der Waals surface area contributed by atoms with Crippen molar-refractivity contribution in [2.24, 2.45) is 0 Å². The molecule has 0 spiro atoms. The maximum atomic E-state index is 10.9. The monoisotopic (exact) mass is 317 g/mol. The molecule has 0 saturated carbocycles. The second-order valence-corrected chi connectivity index (χ2v) is 6.92. The van der Waals surface area contributed by atoms with Gasteiger partial charge in [0, 0.05) is 30.1 Å². The number of carboxylic acid groups (broad SMARTS) is 1. The number of carbonyl (C=O) groups is 1. The van der Waals surface area contributed by atoms with Crippen LogP contribution in [0.15, 0.2) is 18.3 Å². The lowest BCUT2D eigenvalue weighted by Crippen LogP contribution is -2.34. The smallest absolute Gasteiger partial charge is 0.337 e. The van der Waals surface area contributed by atoms with Gasteiger partial charge in [-0.3, -0.25) is 0 Å². The molecule has 0 aromatic carbocycles. The molecule has 1 fully saturated rings. The van der Waals surface area contributed by atoms with Crippen LogP contribution in [0.2, 0.25) is 0 Å². The molecule has 2 aromatic rings. The predicted octanol–water partition coefficient (Wildman–Crippen LogP) is 3.24. The van der Waals surface area contributed by atoms with E-state index in [1.807, 2.05) is 0 Å². The van der Waals surface area contributed by atoms with Gasteiger partial charge >= 0.3 is 5.97 Å². The fourth-order valence-corrected chi connectivity index (χ4v) is 3.81. The van der Waals surface area contributed by atoms with Crippen LogP contribution in [-0.4, -0.2) is 34.1 Å². The first-order valence-electron chi connectivity index (χ1n) is 7.43. The van der Waals surface area contributed by atoms with Crippen LogP contribution >= 0.6 is 11.3 Å². The van der Waals surface area contributed by atoms with Crippen molar-refractivity contribution < 1.29 is 9.90 Å². The number of aryl methyl sites for hydroxylation is 2. The Bertz CT molecular complexity index is 662. The van der Waals surface area contributed by atoms with Gasteiger partial charge in [-0.2, -0.15) is 0 Å². The largest absolute Gasteiger partial charge is 0.478 e. The Morgan fingerprint density at radius 2 is 2.23 bits per heavy atom. The molecule has 1 aliphatic heterocycles. The van der Waals surface area contributed by atoms with E-state index in [9.17, 15) is 4.79 Å². The van der Waals surface area contributed by atoms with Crippen molar-refractivity contribution in [3.05, 3.63) is 39.5 Å². The van der Waals surface area contributed by atoms with Crippen molar-refractivity contribution in [2.75, 3.05) is 18.0 Å². The molecule has 1 N–H and O–H groups in total. The number of rotatable bonds is 3. The van der Waals surface area contributed by atoms with Gasteiger partial charge in [0.05, 0.1) is 16.3 Å². The lowest BCUT2D eigenvalue weighted by atomic mass is 9.98. The molecule has 0 aliphatic carbocycles. The zero-order valence-corrected chi connectivity index (χ0v) is 13.6. The number of aromatic carboxylic acids is 1. The Labute approximate surface area is 133 Å². The van der Waals surface area contributed by atoms with Crippen molar-refractivity contribution in [1.82, 2.24) is 9.97 Å². The van der Waals surface area contributed by atoms with Gasteiger partial charge in [0.2, 0.25) is 0 Å². The number of pyridine rings is 1. The van der Waals surface area contributed by atoms with E-state index in [-0.39, 0.29) is 5.56 Å². The highest BCUT2D eigenvalue weighted by Crippen LogP contribution is 2.32. The number of carboxylic acids is 1. The molecule has 0 amide bonds. The Balaban J connectivity index is 1.76. The number of hydrogen-bond acceptors (Lipinski definition) is 5. The standard InChI is InChI=1S/C16H19N3O2S/c1-10-11(2)22-15(18-10)13-4-3-7-19(9-13)14-6-5-12(8-17-14)16(20)21/h5-6,8,13H,3-4,7,9H2,1-2H3,(H,20,21). The number of aromatic nitrogens is 2. The van der Waals surface area contributed by atoms with Gasteiger partial charge in [-0.1, -0.05) is 0 Å². The number of thiazole rings is 1. The highest BCUT2D eigenvalue weighted by atomic mass is 32.1. The molecule has 0 radical (unpaired) electrons. The summed E-state index contributed by atoms with van der Waals surface area (Å²) in [5.41, 5.74) is 1.35. The maximum Gasteiger partial charge on any atom is 0.337 e. The molecule has 5 nitrogen and oxygen atoms in total. The fourth-order valence-electron chi connectivity index (χ4n) is 2.76. The van der Waals surface area contributed by atoms with E-state index in [1.54, 1.807) is 23.5 Å². The molecule has 0 bridgehead atoms. The Kier molecular flexibility index (Phi) is 4.11. The van der Waals surface area contributed by atoms with Crippen molar-refractivity contribution in [3.63, 3.8) is 0 Å². The van der Waals surface area contributed by atoms with E-state index in [0.29, 0.717) is 5.92 Å². The lowest BCUT2D eigenvalue weighted by Gasteiger charge is -2.32. The summed E-state index contributed by atoms with van der Waals surface area (Å²) in [6.07, 6.45) is 3.68. The van der Waals surface area contributed by atoms with Gasteiger partial charge in [0.1, 0.15) is 5.82 Å². The Morgan fingerprint density at radius 1 is 1.41 bits per heavy atom. The van der Waals surface area contributed by atoms with Crippen molar-refractivity contribution in [3.8, 4) is 0 Å².